The Balaban J connectivity index is 2.75. The molecule has 0 spiro atoms. The second-order valence-electron chi connectivity index (χ2n) is 4.05. The number of rotatable bonds is 6. The number of hydrogen-bond donors (Lipinski definition) is 1. The molecule has 0 aliphatic rings. The van der Waals surface area contributed by atoms with Crippen molar-refractivity contribution in [1.29, 1.82) is 0 Å². The number of carboxylic acid groups (broad SMARTS) is 1. The highest BCUT2D eigenvalue weighted by Gasteiger charge is 2.18. The third-order valence-electron chi connectivity index (χ3n) is 2.24. The number of hydrogen-bond acceptors (Lipinski definition) is 5. The largest absolute Gasteiger partial charge is 0.480 e. The maximum atomic E-state index is 12.1. The van der Waals surface area contributed by atoms with Crippen LogP contribution < -0.4 is 0 Å². The lowest BCUT2D eigenvalue weighted by molar-refractivity contribution is -0.137. The molecule has 7 nitrogen and oxygen atoms in total. The van der Waals surface area contributed by atoms with Gasteiger partial charge in [0.05, 0.1) is 5.56 Å². The summed E-state index contributed by atoms with van der Waals surface area (Å²) in [6.45, 7) is 0.599. The number of carbonyl (C=O) groups excluding carboxylic acids is 1. The summed E-state index contributed by atoms with van der Waals surface area (Å²) < 4.78 is 0. The van der Waals surface area contributed by atoms with E-state index in [-0.39, 0.29) is 18.0 Å². The smallest absolute Gasteiger partial charge is 0.323 e. The van der Waals surface area contributed by atoms with Crippen LogP contribution in [-0.4, -0.2) is 70.5 Å². The Hall–Kier alpha value is -2.02. The summed E-state index contributed by atoms with van der Waals surface area (Å²) in [4.78, 5) is 33.4. The highest BCUT2D eigenvalue weighted by atomic mass is 16.4. The predicted molar refractivity (Wildman–Crippen MR) is 64.1 cm³/mol. The predicted octanol–water partition coefficient (Wildman–Crippen LogP) is -0.435. The van der Waals surface area contributed by atoms with E-state index in [9.17, 15) is 9.59 Å². The number of carbonyl (C=O) groups is 2. The van der Waals surface area contributed by atoms with Gasteiger partial charge in [-0.3, -0.25) is 9.59 Å². The molecule has 0 aromatic carbocycles. The molecule has 98 valence electrons. The van der Waals surface area contributed by atoms with Crippen LogP contribution in [0.25, 0.3) is 0 Å². The first-order valence-electron chi connectivity index (χ1n) is 5.41. The molecule has 1 N–H and O–H groups in total. The van der Waals surface area contributed by atoms with Crippen LogP contribution in [0, 0.1) is 0 Å². The van der Waals surface area contributed by atoms with E-state index in [0.29, 0.717) is 13.1 Å². The summed E-state index contributed by atoms with van der Waals surface area (Å²) in [5.41, 5.74) is 0.289. The van der Waals surface area contributed by atoms with Gasteiger partial charge in [0, 0.05) is 25.5 Å². The Labute approximate surface area is 105 Å². The Morgan fingerprint density at radius 2 is 1.83 bits per heavy atom. The van der Waals surface area contributed by atoms with Crippen molar-refractivity contribution < 1.29 is 14.7 Å². The molecular weight excluding hydrogens is 236 g/mol. The molecule has 0 bridgehead atoms. The molecular formula is C11H16N4O3. The van der Waals surface area contributed by atoms with Crippen LogP contribution in [0.2, 0.25) is 0 Å². The maximum absolute atomic E-state index is 12.1. The zero-order valence-electron chi connectivity index (χ0n) is 10.4. The molecule has 1 aromatic heterocycles. The molecule has 0 radical (unpaired) electrons. The second-order valence-corrected chi connectivity index (χ2v) is 4.05. The van der Waals surface area contributed by atoms with Crippen molar-refractivity contribution in [1.82, 2.24) is 19.8 Å². The molecule has 0 fully saturated rings. The SMILES string of the molecule is CN(C)CCN(CC(=O)O)C(=O)c1cncnc1. The van der Waals surface area contributed by atoms with Crippen molar-refractivity contribution in [3.05, 3.63) is 24.3 Å². The van der Waals surface area contributed by atoms with Crippen LogP contribution in [-0.2, 0) is 4.79 Å². The van der Waals surface area contributed by atoms with Crippen molar-refractivity contribution in [2.75, 3.05) is 33.7 Å². The fraction of sp³-hybridized carbons (Fsp3) is 0.455. The minimum Gasteiger partial charge on any atom is -0.480 e. The van der Waals surface area contributed by atoms with Gasteiger partial charge in [0.15, 0.2) is 0 Å². The van der Waals surface area contributed by atoms with Crippen molar-refractivity contribution in [2.45, 2.75) is 0 Å². The molecule has 1 heterocycles. The normalized spacial score (nSPS) is 10.4. The summed E-state index contributed by atoms with van der Waals surface area (Å²) in [5, 5.41) is 8.81. The maximum Gasteiger partial charge on any atom is 0.323 e. The van der Waals surface area contributed by atoms with Crippen molar-refractivity contribution in [3.8, 4) is 0 Å². The third kappa shape index (κ3) is 4.46. The fourth-order valence-electron chi connectivity index (χ4n) is 1.33. The molecule has 0 atom stereocenters. The quantitative estimate of drug-likeness (QED) is 0.739. The van der Waals surface area contributed by atoms with E-state index in [1.165, 1.54) is 23.6 Å². The van der Waals surface area contributed by atoms with E-state index in [2.05, 4.69) is 9.97 Å². The van der Waals surface area contributed by atoms with E-state index < -0.39 is 5.97 Å². The Bertz CT molecular complexity index is 408. The molecule has 18 heavy (non-hydrogen) atoms. The standard InChI is InChI=1S/C11H16N4O3/c1-14(2)3-4-15(7-10(16)17)11(18)9-5-12-8-13-6-9/h5-6,8H,3-4,7H2,1-2H3,(H,16,17). The first-order chi connectivity index (χ1) is 8.50. The van der Waals surface area contributed by atoms with Crippen molar-refractivity contribution in [2.24, 2.45) is 0 Å². The third-order valence-corrected chi connectivity index (χ3v) is 2.24. The number of nitrogens with zero attached hydrogens (tertiary/aromatic N) is 4. The molecule has 0 aliphatic carbocycles. The number of carboxylic acids is 1. The van der Waals surface area contributed by atoms with Crippen LogP contribution in [0.1, 0.15) is 10.4 Å². The van der Waals surface area contributed by atoms with Crippen molar-refractivity contribution in [3.63, 3.8) is 0 Å². The van der Waals surface area contributed by atoms with E-state index >= 15 is 0 Å². The lowest BCUT2D eigenvalue weighted by Crippen LogP contribution is -2.40. The molecule has 1 rings (SSSR count). The number of amides is 1. The van der Waals surface area contributed by atoms with Gasteiger partial charge in [-0.1, -0.05) is 0 Å². The van der Waals surface area contributed by atoms with E-state index in [1.807, 2.05) is 19.0 Å². The molecule has 0 aliphatic heterocycles. The van der Waals surface area contributed by atoms with Gasteiger partial charge in [-0.15, -0.1) is 0 Å². The average molecular weight is 252 g/mol. The van der Waals surface area contributed by atoms with Crippen LogP contribution in [0.5, 0.6) is 0 Å². The zero-order valence-corrected chi connectivity index (χ0v) is 10.4. The van der Waals surface area contributed by atoms with Gasteiger partial charge in [-0.05, 0) is 14.1 Å². The molecule has 0 saturated carbocycles. The summed E-state index contributed by atoms with van der Waals surface area (Å²) in [6, 6.07) is 0. The molecule has 0 saturated heterocycles. The monoisotopic (exact) mass is 252 g/mol. The lowest BCUT2D eigenvalue weighted by atomic mass is 10.3. The Morgan fingerprint density at radius 3 is 2.33 bits per heavy atom. The van der Waals surface area contributed by atoms with Crippen molar-refractivity contribution >= 4 is 11.9 Å². The Morgan fingerprint density at radius 1 is 1.22 bits per heavy atom. The number of likely N-dealkylation sites (N-methyl/N-ethyl adjacent to an activating group) is 1. The van der Waals surface area contributed by atoms with Gasteiger partial charge < -0.3 is 14.9 Å². The van der Waals surface area contributed by atoms with Crippen LogP contribution >= 0.6 is 0 Å². The van der Waals surface area contributed by atoms with Gasteiger partial charge in [0.2, 0.25) is 0 Å². The van der Waals surface area contributed by atoms with Crippen LogP contribution in [0.15, 0.2) is 18.7 Å². The van der Waals surface area contributed by atoms with Gasteiger partial charge in [-0.2, -0.15) is 0 Å². The van der Waals surface area contributed by atoms with E-state index in [4.69, 9.17) is 5.11 Å². The summed E-state index contributed by atoms with van der Waals surface area (Å²) in [6.07, 6.45) is 4.07. The molecule has 7 heteroatoms. The number of aliphatic carboxylic acids is 1. The molecule has 1 amide bonds. The summed E-state index contributed by atoms with van der Waals surface area (Å²) in [7, 11) is 3.71. The van der Waals surface area contributed by atoms with E-state index in [1.54, 1.807) is 0 Å². The van der Waals surface area contributed by atoms with Gasteiger partial charge in [-0.25, -0.2) is 9.97 Å². The molecule has 0 unspecified atom stereocenters. The van der Waals surface area contributed by atoms with Gasteiger partial charge in [0.1, 0.15) is 12.9 Å². The second kappa shape index (κ2) is 6.65. The van der Waals surface area contributed by atoms with Gasteiger partial charge >= 0.3 is 5.97 Å². The highest BCUT2D eigenvalue weighted by molar-refractivity contribution is 5.95. The summed E-state index contributed by atoms with van der Waals surface area (Å²) in [5.74, 6) is -1.42. The fourth-order valence-corrected chi connectivity index (χ4v) is 1.33. The highest BCUT2D eigenvalue weighted by Crippen LogP contribution is 2.02. The molecule has 1 aromatic rings. The summed E-state index contributed by atoms with van der Waals surface area (Å²) >= 11 is 0. The van der Waals surface area contributed by atoms with E-state index in [0.717, 1.165) is 0 Å². The minimum atomic E-state index is -1.04. The first kappa shape index (κ1) is 14.0. The Kier molecular flexibility index (Phi) is 5.19. The lowest BCUT2D eigenvalue weighted by Gasteiger charge is -2.22. The number of aromatic nitrogens is 2. The average Bonchev–Trinajstić information content (AvgIpc) is 2.34. The zero-order chi connectivity index (χ0) is 13.5. The minimum absolute atomic E-state index is 0.289. The van der Waals surface area contributed by atoms with Crippen LogP contribution in [0.4, 0.5) is 0 Å². The first-order valence-corrected chi connectivity index (χ1v) is 5.41. The van der Waals surface area contributed by atoms with Crippen LogP contribution in [0.3, 0.4) is 0 Å². The van der Waals surface area contributed by atoms with Gasteiger partial charge in [0.25, 0.3) is 5.91 Å². The topological polar surface area (TPSA) is 86.6 Å².